The quantitative estimate of drug-likeness (QED) is 0.821. The summed E-state index contributed by atoms with van der Waals surface area (Å²) in [5.41, 5.74) is 2.12. The molecule has 0 spiro atoms. The van der Waals surface area contributed by atoms with Gasteiger partial charge in [0.2, 0.25) is 11.8 Å². The van der Waals surface area contributed by atoms with E-state index in [0.717, 1.165) is 12.0 Å². The van der Waals surface area contributed by atoms with Gasteiger partial charge in [0.25, 0.3) is 0 Å². The van der Waals surface area contributed by atoms with E-state index in [2.05, 4.69) is 4.98 Å². The van der Waals surface area contributed by atoms with Gasteiger partial charge in [-0.05, 0) is 42.7 Å². The maximum atomic E-state index is 12.1. The predicted octanol–water partition coefficient (Wildman–Crippen LogP) is 3.83. The minimum absolute atomic E-state index is 0.0140. The van der Waals surface area contributed by atoms with Gasteiger partial charge in [-0.25, -0.2) is 0 Å². The number of hydrogen-bond donors (Lipinski definition) is 0. The summed E-state index contributed by atoms with van der Waals surface area (Å²) >= 11 is 5.87. The van der Waals surface area contributed by atoms with Crippen molar-refractivity contribution in [3.05, 3.63) is 64.9 Å². The highest BCUT2D eigenvalue weighted by atomic mass is 35.5. The summed E-state index contributed by atoms with van der Waals surface area (Å²) in [5.74, 6) is -0.0236. The van der Waals surface area contributed by atoms with Crippen molar-refractivity contribution in [2.24, 2.45) is 0 Å². The molecule has 0 bridgehead atoms. The number of benzene rings is 1. The lowest BCUT2D eigenvalue weighted by atomic mass is 10.1. The molecule has 0 saturated carbocycles. The highest BCUT2D eigenvalue weighted by molar-refractivity contribution is 6.30. The second-order valence-corrected chi connectivity index (χ2v) is 6.67. The minimum Gasteiger partial charge on any atom is -0.320 e. The van der Waals surface area contributed by atoms with Crippen LogP contribution in [0, 0.1) is 6.92 Å². The normalized spacial score (nSPS) is 16.3. The molecular weight excluding hydrogens is 350 g/mol. The number of amides is 2. The summed E-state index contributed by atoms with van der Waals surface area (Å²) in [6.07, 6.45) is 4.53. The maximum absolute atomic E-state index is 12.1. The highest BCUT2D eigenvalue weighted by Gasteiger charge is 2.38. The van der Waals surface area contributed by atoms with E-state index >= 15 is 0 Å². The molecule has 138 valence electrons. The Kier molecular flexibility index (Phi) is 7.16. The number of halogens is 1. The van der Waals surface area contributed by atoms with Crippen molar-refractivity contribution in [2.45, 2.75) is 32.9 Å². The second kappa shape index (κ2) is 9.34. The first kappa shape index (κ1) is 19.9. The van der Waals surface area contributed by atoms with Gasteiger partial charge < -0.3 is 9.80 Å². The van der Waals surface area contributed by atoms with Crippen LogP contribution >= 0.6 is 11.6 Å². The summed E-state index contributed by atoms with van der Waals surface area (Å²) in [5, 5.41) is 0.641. The van der Waals surface area contributed by atoms with Gasteiger partial charge in [-0.15, -0.1) is 0 Å². The molecule has 3 rings (SSSR count). The first-order valence-electron chi connectivity index (χ1n) is 8.61. The smallest absolute Gasteiger partial charge is 0.243 e. The molecule has 0 aliphatic carbocycles. The fraction of sp³-hybridized carbons (Fsp3) is 0.350. The zero-order valence-corrected chi connectivity index (χ0v) is 16.1. The third-order valence-electron chi connectivity index (χ3n) is 4.12. The average Bonchev–Trinajstić information content (AvgIpc) is 2.93. The van der Waals surface area contributed by atoms with Crippen molar-refractivity contribution >= 4 is 23.4 Å². The Labute approximate surface area is 159 Å². The van der Waals surface area contributed by atoms with Gasteiger partial charge in [-0.2, -0.15) is 0 Å². The van der Waals surface area contributed by atoms with Gasteiger partial charge in [0.1, 0.15) is 12.7 Å². The topological polar surface area (TPSA) is 53.5 Å². The Morgan fingerprint density at radius 1 is 1.27 bits per heavy atom. The standard InChI is InChI=1S/C14H17ClN2O2.C6H7N/c1-3-4-12(18)17-9-13(19)16(2)14(17)10-5-7-11(15)8-6-10;1-6-3-2-4-7-5-6/h5-8,14H,3-4,9H2,1-2H3;2-5H,1H3. The van der Waals surface area contributed by atoms with E-state index in [4.69, 9.17) is 11.6 Å². The maximum Gasteiger partial charge on any atom is 0.243 e. The van der Waals surface area contributed by atoms with Crippen LogP contribution in [-0.4, -0.2) is 40.2 Å². The third-order valence-corrected chi connectivity index (χ3v) is 4.37. The second-order valence-electron chi connectivity index (χ2n) is 6.23. The van der Waals surface area contributed by atoms with E-state index in [0.29, 0.717) is 11.4 Å². The third kappa shape index (κ3) is 5.05. The zero-order valence-electron chi connectivity index (χ0n) is 15.4. The van der Waals surface area contributed by atoms with Crippen LogP contribution in [0.5, 0.6) is 0 Å². The molecule has 0 radical (unpaired) electrons. The summed E-state index contributed by atoms with van der Waals surface area (Å²) in [6.45, 7) is 4.13. The molecule has 1 fully saturated rings. The Bertz CT molecular complexity index is 734. The highest BCUT2D eigenvalue weighted by Crippen LogP contribution is 2.30. The van der Waals surface area contributed by atoms with Gasteiger partial charge in [0, 0.05) is 30.9 Å². The molecule has 1 unspecified atom stereocenters. The number of hydrogen-bond acceptors (Lipinski definition) is 3. The van der Waals surface area contributed by atoms with E-state index < -0.39 is 0 Å². The molecule has 2 amide bonds. The van der Waals surface area contributed by atoms with Crippen LogP contribution in [0.4, 0.5) is 0 Å². The van der Waals surface area contributed by atoms with E-state index in [1.807, 2.05) is 44.3 Å². The van der Waals surface area contributed by atoms with Gasteiger partial charge in [-0.1, -0.05) is 36.7 Å². The summed E-state index contributed by atoms with van der Waals surface area (Å²) in [7, 11) is 1.72. The lowest BCUT2D eigenvalue weighted by molar-refractivity contribution is -0.133. The summed E-state index contributed by atoms with van der Waals surface area (Å²) in [4.78, 5) is 31.1. The van der Waals surface area contributed by atoms with E-state index in [9.17, 15) is 9.59 Å². The van der Waals surface area contributed by atoms with Gasteiger partial charge in [0.05, 0.1) is 0 Å². The van der Waals surface area contributed by atoms with Gasteiger partial charge >= 0.3 is 0 Å². The van der Waals surface area contributed by atoms with E-state index in [1.54, 1.807) is 35.2 Å². The molecule has 6 heteroatoms. The average molecular weight is 374 g/mol. The van der Waals surface area contributed by atoms with E-state index in [1.165, 1.54) is 5.56 Å². The van der Waals surface area contributed by atoms with Crippen molar-refractivity contribution in [1.29, 1.82) is 0 Å². The summed E-state index contributed by atoms with van der Waals surface area (Å²) in [6, 6.07) is 11.2. The van der Waals surface area contributed by atoms with Crippen molar-refractivity contribution in [2.75, 3.05) is 13.6 Å². The Hall–Kier alpha value is -2.40. The fourth-order valence-corrected chi connectivity index (χ4v) is 2.88. The van der Waals surface area contributed by atoms with Crippen molar-refractivity contribution in [1.82, 2.24) is 14.8 Å². The van der Waals surface area contributed by atoms with Crippen LogP contribution in [-0.2, 0) is 9.59 Å². The van der Waals surface area contributed by atoms with Crippen LogP contribution in [0.3, 0.4) is 0 Å². The van der Waals surface area contributed by atoms with Crippen molar-refractivity contribution in [3.63, 3.8) is 0 Å². The van der Waals surface area contributed by atoms with E-state index in [-0.39, 0.29) is 24.5 Å². The van der Waals surface area contributed by atoms with Crippen LogP contribution < -0.4 is 0 Å². The molecule has 1 aliphatic heterocycles. The minimum atomic E-state index is -0.316. The van der Waals surface area contributed by atoms with Crippen LogP contribution in [0.25, 0.3) is 0 Å². The van der Waals surface area contributed by atoms with Crippen molar-refractivity contribution < 1.29 is 9.59 Å². The van der Waals surface area contributed by atoms with Crippen LogP contribution in [0.2, 0.25) is 5.02 Å². The number of nitrogens with zero attached hydrogens (tertiary/aromatic N) is 3. The lowest BCUT2D eigenvalue weighted by Crippen LogP contribution is -2.33. The molecule has 1 aliphatic rings. The number of carbonyl (C=O) groups is 2. The number of likely N-dealkylation sites (N-methyl/N-ethyl adjacent to an activating group) is 1. The first-order valence-corrected chi connectivity index (χ1v) is 8.99. The number of pyridine rings is 1. The van der Waals surface area contributed by atoms with Crippen LogP contribution in [0.15, 0.2) is 48.8 Å². The largest absolute Gasteiger partial charge is 0.320 e. The number of carbonyl (C=O) groups excluding carboxylic acids is 2. The molecule has 2 aromatic rings. The number of aromatic nitrogens is 1. The summed E-state index contributed by atoms with van der Waals surface area (Å²) < 4.78 is 0. The van der Waals surface area contributed by atoms with Crippen molar-refractivity contribution in [3.8, 4) is 0 Å². The molecular formula is C20H24ClN3O2. The SMILES string of the molecule is CCCC(=O)N1CC(=O)N(C)C1c1ccc(Cl)cc1.Cc1cccnc1. The molecule has 26 heavy (non-hydrogen) atoms. The Morgan fingerprint density at radius 3 is 2.46 bits per heavy atom. The molecule has 1 atom stereocenters. The van der Waals surface area contributed by atoms with Gasteiger partial charge in [0.15, 0.2) is 0 Å². The lowest BCUT2D eigenvalue weighted by Gasteiger charge is -2.28. The number of aryl methyl sites for hydroxylation is 1. The molecule has 1 aromatic heterocycles. The zero-order chi connectivity index (χ0) is 19.1. The first-order chi connectivity index (χ1) is 12.4. The Morgan fingerprint density at radius 2 is 1.96 bits per heavy atom. The molecule has 2 heterocycles. The van der Waals surface area contributed by atoms with Crippen LogP contribution in [0.1, 0.15) is 37.1 Å². The Balaban J connectivity index is 0.000000290. The monoisotopic (exact) mass is 373 g/mol. The molecule has 1 aromatic carbocycles. The molecule has 1 saturated heterocycles. The van der Waals surface area contributed by atoms with Gasteiger partial charge in [-0.3, -0.25) is 14.6 Å². The predicted molar refractivity (Wildman–Crippen MR) is 103 cm³/mol. The fourth-order valence-electron chi connectivity index (χ4n) is 2.76. The molecule has 0 N–H and O–H groups in total. The number of rotatable bonds is 3. The molecule has 5 nitrogen and oxygen atoms in total.